The number of benzene rings is 1. The molecule has 0 radical (unpaired) electrons. The molecule has 18 heavy (non-hydrogen) atoms. The zero-order valence-corrected chi connectivity index (χ0v) is 10.7. The highest BCUT2D eigenvalue weighted by atomic mass is 16.2. The minimum Gasteiger partial charge on any atom is -0.316 e. The number of nitrogens with one attached hydrogen (secondary N) is 2. The van der Waals surface area contributed by atoms with Gasteiger partial charge in [0.05, 0.1) is 6.04 Å². The van der Waals surface area contributed by atoms with Gasteiger partial charge in [-0.25, -0.2) is 0 Å². The Kier molecular flexibility index (Phi) is 3.06. The van der Waals surface area contributed by atoms with Crippen molar-refractivity contribution in [1.29, 1.82) is 0 Å². The van der Waals surface area contributed by atoms with Gasteiger partial charge in [-0.05, 0) is 30.7 Å². The Hall–Kier alpha value is -1.39. The predicted octanol–water partition coefficient (Wildman–Crippen LogP) is 0.657. The minimum absolute atomic E-state index is 0.273. The number of rotatable bonds is 3. The second kappa shape index (κ2) is 4.71. The van der Waals surface area contributed by atoms with E-state index < -0.39 is 0 Å². The lowest BCUT2D eigenvalue weighted by Gasteiger charge is -2.41. The molecular weight excluding hydrogens is 226 g/mol. The molecule has 2 heterocycles. The highest BCUT2D eigenvalue weighted by molar-refractivity contribution is 5.97. The zero-order chi connectivity index (χ0) is 12.5. The van der Waals surface area contributed by atoms with Crippen molar-refractivity contribution in [3.05, 3.63) is 29.3 Å². The molecule has 4 heteroatoms. The maximum atomic E-state index is 12.1. The van der Waals surface area contributed by atoms with Gasteiger partial charge in [0.15, 0.2) is 0 Å². The summed E-state index contributed by atoms with van der Waals surface area (Å²) in [6, 6.07) is 6.81. The Labute approximate surface area is 107 Å². The second-order valence-electron chi connectivity index (χ2n) is 5.07. The summed E-state index contributed by atoms with van der Waals surface area (Å²) in [6.07, 6.45) is 1.52. The molecule has 0 unspecified atom stereocenters. The van der Waals surface area contributed by atoms with Gasteiger partial charge in [0.2, 0.25) is 5.91 Å². The number of carbonyl (C=O) groups excluding carboxylic acids is 1. The van der Waals surface area contributed by atoms with E-state index in [0.29, 0.717) is 12.5 Å². The second-order valence-corrected chi connectivity index (χ2v) is 5.07. The Morgan fingerprint density at radius 1 is 1.39 bits per heavy atom. The Morgan fingerprint density at radius 2 is 2.22 bits per heavy atom. The Morgan fingerprint density at radius 3 is 2.89 bits per heavy atom. The van der Waals surface area contributed by atoms with Crippen LogP contribution in [0.15, 0.2) is 18.2 Å². The number of carbonyl (C=O) groups is 1. The normalized spacial score (nSPS) is 19.6. The lowest BCUT2D eigenvalue weighted by Crippen LogP contribution is -2.60. The summed E-state index contributed by atoms with van der Waals surface area (Å²) in [5.74, 6) is 0.273. The lowest BCUT2D eigenvalue weighted by atomic mass is 9.96. The van der Waals surface area contributed by atoms with Crippen LogP contribution in [-0.2, 0) is 17.8 Å². The van der Waals surface area contributed by atoms with E-state index >= 15 is 0 Å². The van der Waals surface area contributed by atoms with Crippen molar-refractivity contribution in [3.8, 4) is 0 Å². The summed E-state index contributed by atoms with van der Waals surface area (Å²) in [5, 5.41) is 6.40. The maximum Gasteiger partial charge on any atom is 0.227 e. The van der Waals surface area contributed by atoms with Crippen molar-refractivity contribution in [1.82, 2.24) is 10.6 Å². The van der Waals surface area contributed by atoms with Crippen LogP contribution in [0.3, 0.4) is 0 Å². The van der Waals surface area contributed by atoms with E-state index in [0.717, 1.165) is 31.7 Å². The molecule has 2 N–H and O–H groups in total. The summed E-state index contributed by atoms with van der Waals surface area (Å²) in [4.78, 5) is 14.1. The van der Waals surface area contributed by atoms with Crippen LogP contribution in [-0.4, -0.2) is 32.1 Å². The Bertz CT molecular complexity index is 468. The highest BCUT2D eigenvalue weighted by Gasteiger charge is 2.33. The molecule has 2 aliphatic heterocycles. The van der Waals surface area contributed by atoms with Gasteiger partial charge in [-0.2, -0.15) is 0 Å². The average molecular weight is 245 g/mol. The van der Waals surface area contributed by atoms with Gasteiger partial charge in [0, 0.05) is 31.7 Å². The largest absolute Gasteiger partial charge is 0.316 e. The number of hydrogen-bond acceptors (Lipinski definition) is 3. The van der Waals surface area contributed by atoms with Gasteiger partial charge < -0.3 is 15.5 Å². The molecule has 0 bridgehead atoms. The summed E-state index contributed by atoms with van der Waals surface area (Å²) < 4.78 is 0. The van der Waals surface area contributed by atoms with Crippen LogP contribution in [0.25, 0.3) is 0 Å². The third kappa shape index (κ3) is 1.91. The van der Waals surface area contributed by atoms with Crippen LogP contribution < -0.4 is 15.5 Å². The first-order valence-electron chi connectivity index (χ1n) is 6.59. The first kappa shape index (κ1) is 11.7. The third-order valence-electron chi connectivity index (χ3n) is 3.79. The fourth-order valence-corrected chi connectivity index (χ4v) is 2.74. The molecule has 0 aromatic heterocycles. The van der Waals surface area contributed by atoms with E-state index in [4.69, 9.17) is 0 Å². The van der Waals surface area contributed by atoms with Crippen LogP contribution in [0.5, 0.6) is 0 Å². The number of fused-ring (bicyclic) bond motifs is 1. The van der Waals surface area contributed by atoms with E-state index in [1.807, 2.05) is 11.9 Å². The van der Waals surface area contributed by atoms with E-state index in [-0.39, 0.29) is 5.91 Å². The number of anilines is 1. The molecule has 1 amide bonds. The summed E-state index contributed by atoms with van der Waals surface area (Å²) in [6.45, 7) is 2.72. The monoisotopic (exact) mass is 245 g/mol. The van der Waals surface area contributed by atoms with Gasteiger partial charge in [0.25, 0.3) is 0 Å². The SMILES string of the molecule is CNCc1ccc2c(c1)CCC(=O)N2C1CNC1. The number of aryl methyl sites for hydroxylation is 1. The smallest absolute Gasteiger partial charge is 0.227 e. The molecule has 0 spiro atoms. The molecule has 0 saturated carbocycles. The van der Waals surface area contributed by atoms with Gasteiger partial charge in [-0.1, -0.05) is 12.1 Å². The summed E-state index contributed by atoms with van der Waals surface area (Å²) >= 11 is 0. The Balaban J connectivity index is 1.93. The van der Waals surface area contributed by atoms with Crippen LogP contribution in [0.4, 0.5) is 5.69 Å². The predicted molar refractivity (Wildman–Crippen MR) is 71.7 cm³/mol. The van der Waals surface area contributed by atoms with Crippen molar-refractivity contribution in [3.63, 3.8) is 0 Å². The number of hydrogen-bond donors (Lipinski definition) is 2. The topological polar surface area (TPSA) is 44.4 Å². The quantitative estimate of drug-likeness (QED) is 0.822. The molecule has 2 aliphatic rings. The van der Waals surface area contributed by atoms with Crippen molar-refractivity contribution < 1.29 is 4.79 Å². The molecule has 1 aromatic rings. The van der Waals surface area contributed by atoms with Gasteiger partial charge in [-0.15, -0.1) is 0 Å². The van der Waals surface area contributed by atoms with Gasteiger partial charge in [0.1, 0.15) is 0 Å². The first-order chi connectivity index (χ1) is 8.79. The molecule has 3 rings (SSSR count). The molecule has 1 aromatic carbocycles. The zero-order valence-electron chi connectivity index (χ0n) is 10.7. The molecular formula is C14H19N3O. The van der Waals surface area contributed by atoms with Crippen molar-refractivity contribution in [2.45, 2.75) is 25.4 Å². The van der Waals surface area contributed by atoms with Gasteiger partial charge in [-0.3, -0.25) is 4.79 Å². The van der Waals surface area contributed by atoms with E-state index in [2.05, 4.69) is 28.8 Å². The standard InChI is InChI=1S/C14H19N3O/c1-15-7-10-2-4-13-11(6-10)3-5-14(18)17(13)12-8-16-9-12/h2,4,6,12,15-16H,3,5,7-9H2,1H3. The molecule has 0 aliphatic carbocycles. The van der Waals surface area contributed by atoms with E-state index in [9.17, 15) is 4.79 Å². The summed E-state index contributed by atoms with van der Waals surface area (Å²) in [5.41, 5.74) is 3.73. The highest BCUT2D eigenvalue weighted by Crippen LogP contribution is 2.31. The average Bonchev–Trinajstić information content (AvgIpc) is 2.31. The minimum atomic E-state index is 0.273. The van der Waals surface area contributed by atoms with Crippen LogP contribution in [0, 0.1) is 0 Å². The molecule has 1 saturated heterocycles. The lowest BCUT2D eigenvalue weighted by molar-refractivity contribution is -0.119. The van der Waals surface area contributed by atoms with Crippen molar-refractivity contribution >= 4 is 11.6 Å². The van der Waals surface area contributed by atoms with Gasteiger partial charge >= 0.3 is 0 Å². The van der Waals surface area contributed by atoms with E-state index in [1.165, 1.54) is 11.1 Å². The van der Waals surface area contributed by atoms with Crippen LogP contribution in [0.1, 0.15) is 17.5 Å². The van der Waals surface area contributed by atoms with Crippen LogP contribution in [0.2, 0.25) is 0 Å². The maximum absolute atomic E-state index is 12.1. The molecule has 1 fully saturated rings. The fourth-order valence-electron chi connectivity index (χ4n) is 2.74. The third-order valence-corrected chi connectivity index (χ3v) is 3.79. The molecule has 0 atom stereocenters. The van der Waals surface area contributed by atoms with E-state index in [1.54, 1.807) is 0 Å². The number of nitrogens with zero attached hydrogens (tertiary/aromatic N) is 1. The van der Waals surface area contributed by atoms with Crippen molar-refractivity contribution in [2.75, 3.05) is 25.0 Å². The molecule has 96 valence electrons. The molecule has 4 nitrogen and oxygen atoms in total. The van der Waals surface area contributed by atoms with Crippen molar-refractivity contribution in [2.24, 2.45) is 0 Å². The fraction of sp³-hybridized carbons (Fsp3) is 0.500. The van der Waals surface area contributed by atoms with Crippen LogP contribution >= 0.6 is 0 Å². The number of amides is 1. The summed E-state index contributed by atoms with van der Waals surface area (Å²) in [7, 11) is 1.95. The first-order valence-corrected chi connectivity index (χ1v) is 6.59.